The number of amides is 4. The fraction of sp³-hybridized carbons (Fsp3) is 0.390. The highest BCUT2D eigenvalue weighted by Crippen LogP contribution is 2.31. The molecule has 3 heterocycles. The van der Waals surface area contributed by atoms with Crippen LogP contribution in [-0.4, -0.2) is 144 Å². The van der Waals surface area contributed by atoms with E-state index in [0.717, 1.165) is 66.5 Å². The van der Waals surface area contributed by atoms with E-state index in [4.69, 9.17) is 0 Å². The third kappa shape index (κ3) is 15.0. The second-order valence-electron chi connectivity index (χ2n) is 19.9. The van der Waals surface area contributed by atoms with E-state index in [1.807, 2.05) is 82.5 Å². The molecule has 2 saturated heterocycles. The van der Waals surface area contributed by atoms with E-state index in [2.05, 4.69) is 50.5 Å². The predicted molar refractivity (Wildman–Crippen MR) is 292 cm³/mol. The fourth-order valence-corrected chi connectivity index (χ4v) is 9.42. The summed E-state index contributed by atoms with van der Waals surface area (Å²) in [5.74, 6) is -1.71. The Balaban J connectivity index is 0.000000219. The highest BCUT2D eigenvalue weighted by Gasteiger charge is 2.29. The molecule has 14 nitrogen and oxygen atoms in total. The number of H-pyrrole nitrogens is 1. The Morgan fingerprint density at radius 1 is 0.720 bits per heavy atom. The van der Waals surface area contributed by atoms with Crippen molar-refractivity contribution >= 4 is 40.1 Å². The zero-order valence-corrected chi connectivity index (χ0v) is 44.2. The lowest BCUT2D eigenvalue weighted by Gasteiger charge is -2.36. The van der Waals surface area contributed by atoms with E-state index in [1.165, 1.54) is 12.1 Å². The van der Waals surface area contributed by atoms with Gasteiger partial charge >= 0.3 is 0 Å². The van der Waals surface area contributed by atoms with Gasteiger partial charge in [-0.15, -0.1) is 0 Å². The molecule has 6 aromatic rings. The number of hydrogen-bond acceptors (Lipinski definition) is 9. The number of piperidine rings is 1. The first kappa shape index (κ1) is 55.6. The Kier molecular flexibility index (Phi) is 19.6. The lowest BCUT2D eigenvalue weighted by atomic mass is 9.96. The number of likely N-dealkylation sites (tertiary alicyclic amines) is 1. The lowest BCUT2D eigenvalue weighted by Crippen LogP contribution is -2.53. The van der Waals surface area contributed by atoms with E-state index in [1.54, 1.807) is 45.0 Å². The Morgan fingerprint density at radius 2 is 1.41 bits per heavy atom. The Bertz CT molecular complexity index is 3020. The molecule has 5 aromatic carbocycles. The number of carbonyl (C=O) groups is 4. The van der Waals surface area contributed by atoms with Crippen LogP contribution in [0.1, 0.15) is 82.3 Å². The van der Waals surface area contributed by atoms with Crippen molar-refractivity contribution in [2.75, 3.05) is 91.4 Å². The van der Waals surface area contributed by atoms with Gasteiger partial charge in [0.25, 0.3) is 17.4 Å². The summed E-state index contributed by atoms with van der Waals surface area (Å²) in [6, 6.07) is 30.7. The molecule has 16 heteroatoms. The maximum absolute atomic E-state index is 15.6. The lowest BCUT2D eigenvalue weighted by molar-refractivity contribution is -0.133. The molecular weight excluding hydrogens is 953 g/mol. The number of hydrogen-bond donors (Lipinski definition) is 3. The molecular formula is C59H71F2N9O5. The highest BCUT2D eigenvalue weighted by molar-refractivity contribution is 6.05. The van der Waals surface area contributed by atoms with Gasteiger partial charge in [0, 0.05) is 70.7 Å². The number of rotatable bonds is 17. The predicted octanol–water partition coefficient (Wildman–Crippen LogP) is 7.78. The van der Waals surface area contributed by atoms with Gasteiger partial charge < -0.3 is 30.2 Å². The monoisotopic (exact) mass is 1020 g/mol. The fourth-order valence-electron chi connectivity index (χ4n) is 9.42. The number of nitrogens with zero attached hydrogens (tertiary/aromatic N) is 6. The van der Waals surface area contributed by atoms with Crippen molar-refractivity contribution in [3.05, 3.63) is 164 Å². The summed E-state index contributed by atoms with van der Waals surface area (Å²) < 4.78 is 30.4. The number of halogens is 2. The normalized spacial score (nSPS) is 14.0. The van der Waals surface area contributed by atoms with Crippen molar-refractivity contribution in [1.29, 1.82) is 0 Å². The number of anilines is 1. The average Bonchev–Trinajstić information content (AvgIpc) is 3.41. The number of aromatic amines is 1. The first-order chi connectivity index (χ1) is 36.1. The standard InChI is InChI=1S/C31H36FN3O2.C28H35FN6O3/c1-4-23-8-6-10-25(16-23)26-17-27(32)30(31(37)35-13-11-21(2)12-14-35)28(18-26)34-29(36)20-33-19-24-9-5-7-22(3)15-24;1-4-33(12-11-32(2)3)19-26(36)34-13-15-35(16-14-34)28(38)23-17-20(9-10-24(23)29)18-25-21-7-5-6-8-22(21)27(37)31-30-25/h5-10,15-18,21,33H,4,11-14,19-20H2,1-3H3,(H,34,36);5-10,17H,4,11-16,18-19H2,1-3H3,(H,31,37). The quantitative estimate of drug-likeness (QED) is 0.0832. The number of aryl methyl sites for hydroxylation is 2. The molecule has 0 spiro atoms. The summed E-state index contributed by atoms with van der Waals surface area (Å²) in [7, 11) is 4.01. The zero-order chi connectivity index (χ0) is 53.6. The Morgan fingerprint density at radius 3 is 2.12 bits per heavy atom. The summed E-state index contributed by atoms with van der Waals surface area (Å²) in [6.45, 7) is 14.4. The molecule has 0 atom stereocenters. The molecule has 2 aliphatic rings. The van der Waals surface area contributed by atoms with Crippen LogP contribution in [0.2, 0.25) is 0 Å². The summed E-state index contributed by atoms with van der Waals surface area (Å²) in [4.78, 5) is 73.8. The Hall–Kier alpha value is -7.14. The second kappa shape index (κ2) is 26.4. The number of fused-ring (bicyclic) bond motifs is 1. The van der Waals surface area contributed by atoms with Gasteiger partial charge in [0.2, 0.25) is 11.8 Å². The van der Waals surface area contributed by atoms with E-state index in [0.29, 0.717) is 86.9 Å². The molecule has 2 aliphatic heterocycles. The van der Waals surface area contributed by atoms with Gasteiger partial charge in [-0.05, 0) is 111 Å². The van der Waals surface area contributed by atoms with Crippen LogP contribution in [0.25, 0.3) is 21.9 Å². The van der Waals surface area contributed by atoms with Crippen LogP contribution in [0, 0.1) is 24.5 Å². The van der Waals surface area contributed by atoms with Gasteiger partial charge in [0.05, 0.1) is 41.0 Å². The van der Waals surface area contributed by atoms with E-state index in [-0.39, 0.29) is 46.6 Å². The number of carbonyl (C=O) groups excluding carboxylic acids is 4. The molecule has 0 radical (unpaired) electrons. The largest absolute Gasteiger partial charge is 0.338 e. The molecule has 2 fully saturated rings. The second-order valence-corrected chi connectivity index (χ2v) is 19.9. The van der Waals surface area contributed by atoms with E-state index in [9.17, 15) is 28.4 Å². The Labute approximate surface area is 439 Å². The summed E-state index contributed by atoms with van der Waals surface area (Å²) in [5, 5.41) is 13.9. The number of benzene rings is 5. The first-order valence-corrected chi connectivity index (χ1v) is 26.1. The van der Waals surface area contributed by atoms with Crippen molar-refractivity contribution in [3.63, 3.8) is 0 Å². The van der Waals surface area contributed by atoms with Crippen molar-refractivity contribution in [2.24, 2.45) is 5.92 Å². The molecule has 0 bridgehead atoms. The number of piperazine rings is 1. The molecule has 3 N–H and O–H groups in total. The molecule has 1 aromatic heterocycles. The zero-order valence-electron chi connectivity index (χ0n) is 44.2. The minimum atomic E-state index is -0.619. The van der Waals surface area contributed by atoms with Crippen LogP contribution < -0.4 is 16.2 Å². The average molecular weight is 1020 g/mol. The molecule has 75 heavy (non-hydrogen) atoms. The number of nitrogens with one attached hydrogen (secondary N) is 3. The van der Waals surface area contributed by atoms with Crippen LogP contribution in [0.4, 0.5) is 14.5 Å². The summed E-state index contributed by atoms with van der Waals surface area (Å²) >= 11 is 0. The maximum Gasteiger partial charge on any atom is 0.272 e. The van der Waals surface area contributed by atoms with Crippen LogP contribution >= 0.6 is 0 Å². The first-order valence-electron chi connectivity index (χ1n) is 26.1. The van der Waals surface area contributed by atoms with Crippen molar-refractivity contribution < 1.29 is 28.0 Å². The van der Waals surface area contributed by atoms with Crippen LogP contribution in [0.15, 0.2) is 108 Å². The van der Waals surface area contributed by atoms with Crippen molar-refractivity contribution in [3.8, 4) is 11.1 Å². The van der Waals surface area contributed by atoms with E-state index >= 15 is 4.39 Å². The van der Waals surface area contributed by atoms with Gasteiger partial charge in [-0.2, -0.15) is 5.10 Å². The van der Waals surface area contributed by atoms with Crippen LogP contribution in [0.5, 0.6) is 0 Å². The van der Waals surface area contributed by atoms with Gasteiger partial charge in [-0.1, -0.05) is 99.1 Å². The SMILES string of the molecule is CCN(CCN(C)C)CC(=O)N1CCN(C(=O)c2cc(Cc3n[nH]c(=O)c4ccccc34)ccc2F)CC1.CCc1cccc(-c2cc(F)c(C(=O)N3CCC(C)CC3)c(NC(=O)CNCc3cccc(C)c3)c2)c1. The van der Waals surface area contributed by atoms with Crippen LogP contribution in [0.3, 0.4) is 0 Å². The van der Waals surface area contributed by atoms with Crippen molar-refractivity contribution in [1.82, 2.24) is 40.0 Å². The van der Waals surface area contributed by atoms with Gasteiger partial charge in [-0.25, -0.2) is 13.9 Å². The minimum Gasteiger partial charge on any atom is -0.338 e. The van der Waals surface area contributed by atoms with Gasteiger partial charge in [0.15, 0.2) is 0 Å². The number of likely N-dealkylation sites (N-methyl/N-ethyl adjacent to an activating group) is 2. The third-order valence-electron chi connectivity index (χ3n) is 14.0. The number of aromatic nitrogens is 2. The topological polar surface area (TPSA) is 154 Å². The smallest absolute Gasteiger partial charge is 0.272 e. The van der Waals surface area contributed by atoms with Gasteiger partial charge in [0.1, 0.15) is 11.6 Å². The molecule has 8 rings (SSSR count). The molecule has 396 valence electrons. The molecule has 0 aliphatic carbocycles. The third-order valence-corrected chi connectivity index (χ3v) is 14.0. The van der Waals surface area contributed by atoms with Crippen LogP contribution in [-0.2, 0) is 29.0 Å². The van der Waals surface area contributed by atoms with E-state index < -0.39 is 17.5 Å². The van der Waals surface area contributed by atoms with Crippen molar-refractivity contribution in [2.45, 2.75) is 59.9 Å². The molecule has 4 amide bonds. The van der Waals surface area contributed by atoms with Gasteiger partial charge in [-0.3, -0.25) is 28.9 Å². The minimum absolute atomic E-state index is 0.00292. The molecule has 0 unspecified atom stereocenters. The summed E-state index contributed by atoms with van der Waals surface area (Å²) in [6.07, 6.45) is 2.97. The highest BCUT2D eigenvalue weighted by atomic mass is 19.1. The maximum atomic E-state index is 15.6. The molecule has 0 saturated carbocycles. The summed E-state index contributed by atoms with van der Waals surface area (Å²) in [5.41, 5.74) is 6.05.